The van der Waals surface area contributed by atoms with Crippen molar-refractivity contribution in [3.63, 3.8) is 0 Å². The molecule has 0 radical (unpaired) electrons. The minimum Gasteiger partial charge on any atom is -0.352 e. The summed E-state index contributed by atoms with van der Waals surface area (Å²) < 4.78 is 22.7. The molecule has 0 aliphatic rings. The molecule has 0 heterocycles. The van der Waals surface area contributed by atoms with Crippen LogP contribution in [-0.4, -0.2) is 27.1 Å². The fraction of sp³-hybridized carbons (Fsp3) is 0.533. The molecule has 0 bridgehead atoms. The third kappa shape index (κ3) is 6.73. The third-order valence-corrected chi connectivity index (χ3v) is 4.49. The number of amides is 1. The smallest absolute Gasteiger partial charge is 0.220 e. The van der Waals surface area contributed by atoms with E-state index in [-0.39, 0.29) is 10.8 Å². The van der Waals surface area contributed by atoms with E-state index in [1.54, 1.807) is 24.3 Å². The van der Waals surface area contributed by atoms with E-state index in [0.29, 0.717) is 25.4 Å². The van der Waals surface area contributed by atoms with Crippen LogP contribution in [0.5, 0.6) is 0 Å². The van der Waals surface area contributed by atoms with Crippen molar-refractivity contribution < 1.29 is 13.2 Å². The SMILES string of the molecule is CC(CCN)CCC(=O)NCc1ccc(S(C)(=O)=O)cc1. The second-order valence-electron chi connectivity index (χ2n) is 5.41. The Bertz CT molecular complexity index is 553. The fourth-order valence-electron chi connectivity index (χ4n) is 1.95. The number of benzene rings is 1. The lowest BCUT2D eigenvalue weighted by Gasteiger charge is -2.10. The number of sulfone groups is 1. The maximum Gasteiger partial charge on any atom is 0.220 e. The highest BCUT2D eigenvalue weighted by atomic mass is 32.2. The standard InChI is InChI=1S/C15H24N2O3S/c1-12(9-10-16)3-8-15(18)17-11-13-4-6-14(7-5-13)21(2,19)20/h4-7,12H,3,8-11,16H2,1-2H3,(H,17,18). The average molecular weight is 312 g/mol. The van der Waals surface area contributed by atoms with Gasteiger partial charge in [-0.3, -0.25) is 4.79 Å². The molecule has 1 unspecified atom stereocenters. The summed E-state index contributed by atoms with van der Waals surface area (Å²) in [5, 5.41) is 2.83. The molecule has 1 amide bonds. The highest BCUT2D eigenvalue weighted by Gasteiger charge is 2.08. The van der Waals surface area contributed by atoms with Crippen molar-refractivity contribution in [2.24, 2.45) is 11.7 Å². The van der Waals surface area contributed by atoms with E-state index in [1.165, 1.54) is 6.26 Å². The molecule has 6 heteroatoms. The molecule has 0 aliphatic heterocycles. The molecular weight excluding hydrogens is 288 g/mol. The summed E-state index contributed by atoms with van der Waals surface area (Å²) in [4.78, 5) is 12.0. The van der Waals surface area contributed by atoms with Gasteiger partial charge in [0.25, 0.3) is 0 Å². The van der Waals surface area contributed by atoms with Gasteiger partial charge in [-0.25, -0.2) is 8.42 Å². The maximum absolute atomic E-state index is 11.7. The topological polar surface area (TPSA) is 89.3 Å². The normalized spacial score (nSPS) is 12.9. The van der Waals surface area contributed by atoms with Crippen molar-refractivity contribution in [1.82, 2.24) is 5.32 Å². The molecule has 0 aromatic heterocycles. The van der Waals surface area contributed by atoms with E-state index in [2.05, 4.69) is 12.2 Å². The second kappa shape index (κ2) is 8.14. The summed E-state index contributed by atoms with van der Waals surface area (Å²) in [6.07, 6.45) is 3.42. The zero-order chi connectivity index (χ0) is 15.9. The largest absolute Gasteiger partial charge is 0.352 e. The van der Waals surface area contributed by atoms with Gasteiger partial charge in [0.05, 0.1) is 4.90 Å². The first kappa shape index (κ1) is 17.7. The van der Waals surface area contributed by atoms with Gasteiger partial charge in [-0.2, -0.15) is 0 Å². The number of nitrogens with two attached hydrogens (primary N) is 1. The lowest BCUT2D eigenvalue weighted by atomic mass is 10.0. The van der Waals surface area contributed by atoms with E-state index in [0.717, 1.165) is 18.4 Å². The van der Waals surface area contributed by atoms with E-state index in [4.69, 9.17) is 5.73 Å². The van der Waals surface area contributed by atoms with Crippen LogP contribution in [0.1, 0.15) is 31.7 Å². The van der Waals surface area contributed by atoms with Crippen LogP contribution in [0, 0.1) is 5.92 Å². The van der Waals surface area contributed by atoms with Gasteiger partial charge in [-0.05, 0) is 43.0 Å². The molecule has 0 saturated carbocycles. The van der Waals surface area contributed by atoms with Crippen LogP contribution in [0.3, 0.4) is 0 Å². The molecule has 3 N–H and O–H groups in total. The molecule has 5 nitrogen and oxygen atoms in total. The summed E-state index contributed by atoms with van der Waals surface area (Å²) in [6.45, 7) is 3.15. The number of hydrogen-bond donors (Lipinski definition) is 2. The van der Waals surface area contributed by atoms with Crippen molar-refractivity contribution in [1.29, 1.82) is 0 Å². The molecule has 0 fully saturated rings. The van der Waals surface area contributed by atoms with Gasteiger partial charge < -0.3 is 11.1 Å². The first-order valence-electron chi connectivity index (χ1n) is 7.08. The highest BCUT2D eigenvalue weighted by molar-refractivity contribution is 7.90. The minimum atomic E-state index is -3.17. The second-order valence-corrected chi connectivity index (χ2v) is 7.43. The van der Waals surface area contributed by atoms with E-state index in [9.17, 15) is 13.2 Å². The number of carbonyl (C=O) groups excluding carboxylic acids is 1. The Morgan fingerprint density at radius 1 is 1.24 bits per heavy atom. The molecule has 1 rings (SSSR count). The van der Waals surface area contributed by atoms with Crippen molar-refractivity contribution in [3.05, 3.63) is 29.8 Å². The number of rotatable bonds is 8. The Morgan fingerprint density at radius 3 is 2.38 bits per heavy atom. The summed E-state index contributed by atoms with van der Waals surface area (Å²) in [7, 11) is -3.17. The number of carbonyl (C=O) groups is 1. The van der Waals surface area contributed by atoms with Crippen LogP contribution in [0.4, 0.5) is 0 Å². The maximum atomic E-state index is 11.7. The Kier molecular flexibility index (Phi) is 6.84. The lowest BCUT2D eigenvalue weighted by molar-refractivity contribution is -0.121. The molecule has 21 heavy (non-hydrogen) atoms. The van der Waals surface area contributed by atoms with Gasteiger partial charge in [0, 0.05) is 19.2 Å². The number of nitrogens with one attached hydrogen (secondary N) is 1. The third-order valence-electron chi connectivity index (χ3n) is 3.36. The quantitative estimate of drug-likeness (QED) is 0.760. The lowest BCUT2D eigenvalue weighted by Crippen LogP contribution is -2.23. The first-order chi connectivity index (χ1) is 9.82. The van der Waals surface area contributed by atoms with Gasteiger partial charge in [-0.15, -0.1) is 0 Å². The van der Waals surface area contributed by atoms with Crippen molar-refractivity contribution in [2.45, 2.75) is 37.6 Å². The van der Waals surface area contributed by atoms with E-state index >= 15 is 0 Å². The van der Waals surface area contributed by atoms with Gasteiger partial charge in [0.1, 0.15) is 0 Å². The van der Waals surface area contributed by atoms with E-state index in [1.807, 2.05) is 0 Å². The van der Waals surface area contributed by atoms with Gasteiger partial charge in [0.2, 0.25) is 5.91 Å². The summed E-state index contributed by atoms with van der Waals surface area (Å²) >= 11 is 0. The van der Waals surface area contributed by atoms with Crippen LogP contribution in [0.2, 0.25) is 0 Å². The van der Waals surface area contributed by atoms with Crippen molar-refractivity contribution in [2.75, 3.05) is 12.8 Å². The molecule has 1 aromatic rings. The van der Waals surface area contributed by atoms with Gasteiger partial charge >= 0.3 is 0 Å². The Labute approximate surface area is 126 Å². The average Bonchev–Trinajstić information content (AvgIpc) is 2.43. The Hall–Kier alpha value is -1.40. The van der Waals surface area contributed by atoms with E-state index < -0.39 is 9.84 Å². The Balaban J connectivity index is 2.40. The van der Waals surface area contributed by atoms with Crippen LogP contribution >= 0.6 is 0 Å². The van der Waals surface area contributed by atoms with Gasteiger partial charge in [0.15, 0.2) is 9.84 Å². The molecule has 1 aromatic carbocycles. The summed E-state index contributed by atoms with van der Waals surface area (Å²) in [5.74, 6) is 0.459. The minimum absolute atomic E-state index is 0.00561. The zero-order valence-electron chi connectivity index (χ0n) is 12.6. The molecule has 118 valence electrons. The highest BCUT2D eigenvalue weighted by Crippen LogP contribution is 2.11. The predicted octanol–water partition coefficient (Wildman–Crippen LogP) is 1.47. The van der Waals surface area contributed by atoms with Crippen LogP contribution in [0.15, 0.2) is 29.2 Å². The molecular formula is C15H24N2O3S. The van der Waals surface area contributed by atoms with Crippen LogP contribution < -0.4 is 11.1 Å². The monoisotopic (exact) mass is 312 g/mol. The first-order valence-corrected chi connectivity index (χ1v) is 8.98. The molecule has 0 aliphatic carbocycles. The summed E-state index contributed by atoms with van der Waals surface area (Å²) in [5.41, 5.74) is 6.35. The summed E-state index contributed by atoms with van der Waals surface area (Å²) in [6, 6.07) is 6.54. The fourth-order valence-corrected chi connectivity index (χ4v) is 2.58. The van der Waals surface area contributed by atoms with Crippen LogP contribution in [0.25, 0.3) is 0 Å². The molecule has 0 spiro atoms. The van der Waals surface area contributed by atoms with Gasteiger partial charge in [-0.1, -0.05) is 19.1 Å². The van der Waals surface area contributed by atoms with Crippen LogP contribution in [-0.2, 0) is 21.2 Å². The zero-order valence-corrected chi connectivity index (χ0v) is 13.4. The van der Waals surface area contributed by atoms with Crippen molar-refractivity contribution >= 4 is 15.7 Å². The number of hydrogen-bond acceptors (Lipinski definition) is 4. The van der Waals surface area contributed by atoms with Crippen molar-refractivity contribution in [3.8, 4) is 0 Å². The predicted molar refractivity (Wildman–Crippen MR) is 83.5 cm³/mol. The molecule has 1 atom stereocenters. The Morgan fingerprint density at radius 2 is 1.86 bits per heavy atom. The molecule has 0 saturated heterocycles.